The van der Waals surface area contributed by atoms with Crippen molar-refractivity contribution in [3.8, 4) is 5.75 Å². The predicted molar refractivity (Wildman–Crippen MR) is 124 cm³/mol. The van der Waals surface area contributed by atoms with Crippen LogP contribution in [0, 0.1) is 10.1 Å². The largest absolute Gasteiger partial charge is 0.484 e. The number of nitrogens with zero attached hydrogens (tertiary/aromatic N) is 1. The van der Waals surface area contributed by atoms with Gasteiger partial charge in [0.25, 0.3) is 17.5 Å². The van der Waals surface area contributed by atoms with Gasteiger partial charge < -0.3 is 19.8 Å². The van der Waals surface area contributed by atoms with Crippen LogP contribution in [0.25, 0.3) is 11.0 Å². The van der Waals surface area contributed by atoms with Gasteiger partial charge in [0, 0.05) is 41.2 Å². The lowest BCUT2D eigenvalue weighted by Crippen LogP contribution is -2.20. The fourth-order valence-corrected chi connectivity index (χ4v) is 3.14. The number of hydrogen-bond acceptors (Lipinski definition) is 7. The second-order valence-corrected chi connectivity index (χ2v) is 7.12. The first-order valence-corrected chi connectivity index (χ1v) is 9.99. The number of non-ortho nitro benzene ring substituents is 1. The molecule has 0 radical (unpaired) electrons. The number of nitrogens with one attached hydrogen (secondary N) is 2. The first-order chi connectivity index (χ1) is 16.4. The molecule has 10 nitrogen and oxygen atoms in total. The van der Waals surface area contributed by atoms with Gasteiger partial charge in [-0.05, 0) is 36.4 Å². The van der Waals surface area contributed by atoms with Crippen LogP contribution in [0.3, 0.4) is 0 Å². The first kappa shape index (κ1) is 22.2. The van der Waals surface area contributed by atoms with Crippen LogP contribution in [0.1, 0.15) is 10.4 Å². The second kappa shape index (κ2) is 9.65. The van der Waals surface area contributed by atoms with E-state index in [2.05, 4.69) is 10.6 Å². The van der Waals surface area contributed by atoms with Crippen molar-refractivity contribution >= 4 is 39.8 Å². The summed E-state index contributed by atoms with van der Waals surface area (Å²) in [7, 11) is 0. The molecule has 0 fully saturated rings. The number of amides is 2. The van der Waals surface area contributed by atoms with Crippen molar-refractivity contribution in [1.82, 2.24) is 0 Å². The molecule has 170 valence electrons. The maximum absolute atomic E-state index is 12.4. The Morgan fingerprint density at radius 1 is 0.941 bits per heavy atom. The summed E-state index contributed by atoms with van der Waals surface area (Å²) in [6, 6.07) is 17.7. The summed E-state index contributed by atoms with van der Waals surface area (Å²) in [5.41, 5.74) is 0.904. The molecule has 0 spiro atoms. The average molecular weight is 459 g/mol. The fourth-order valence-electron chi connectivity index (χ4n) is 3.14. The molecule has 4 aromatic rings. The average Bonchev–Trinajstić information content (AvgIpc) is 2.83. The highest BCUT2D eigenvalue weighted by Crippen LogP contribution is 2.20. The highest BCUT2D eigenvalue weighted by atomic mass is 16.6. The van der Waals surface area contributed by atoms with Gasteiger partial charge in [-0.15, -0.1) is 0 Å². The van der Waals surface area contributed by atoms with Crippen molar-refractivity contribution in [3.63, 3.8) is 0 Å². The molecular formula is C24H17N3O7. The third-order valence-corrected chi connectivity index (χ3v) is 4.73. The minimum absolute atomic E-state index is 0.128. The van der Waals surface area contributed by atoms with E-state index in [1.165, 1.54) is 48.7 Å². The summed E-state index contributed by atoms with van der Waals surface area (Å²) in [4.78, 5) is 46.8. The molecule has 0 aliphatic rings. The van der Waals surface area contributed by atoms with E-state index < -0.39 is 16.7 Å². The van der Waals surface area contributed by atoms with Crippen LogP contribution in [-0.4, -0.2) is 23.3 Å². The van der Waals surface area contributed by atoms with Gasteiger partial charge in [0.2, 0.25) is 0 Å². The first-order valence-electron chi connectivity index (χ1n) is 9.99. The Morgan fingerprint density at radius 3 is 2.50 bits per heavy atom. The number of nitro benzene ring substituents is 1. The highest BCUT2D eigenvalue weighted by molar-refractivity contribution is 6.05. The molecule has 0 saturated carbocycles. The lowest BCUT2D eigenvalue weighted by molar-refractivity contribution is -0.384. The molecule has 0 unspecified atom stereocenters. The van der Waals surface area contributed by atoms with Gasteiger partial charge >= 0.3 is 0 Å². The van der Waals surface area contributed by atoms with E-state index in [1.807, 2.05) is 0 Å². The van der Waals surface area contributed by atoms with Crippen molar-refractivity contribution in [2.45, 2.75) is 0 Å². The quantitative estimate of drug-likeness (QED) is 0.315. The van der Waals surface area contributed by atoms with Crippen LogP contribution in [0.2, 0.25) is 0 Å². The van der Waals surface area contributed by atoms with Crippen molar-refractivity contribution < 1.29 is 23.7 Å². The smallest absolute Gasteiger partial charge is 0.270 e. The van der Waals surface area contributed by atoms with E-state index in [4.69, 9.17) is 9.15 Å². The van der Waals surface area contributed by atoms with Gasteiger partial charge in [-0.3, -0.25) is 24.5 Å². The van der Waals surface area contributed by atoms with E-state index >= 15 is 0 Å². The van der Waals surface area contributed by atoms with Gasteiger partial charge in [0.15, 0.2) is 12.0 Å². The van der Waals surface area contributed by atoms with Gasteiger partial charge in [0.1, 0.15) is 11.3 Å². The maximum atomic E-state index is 12.4. The predicted octanol–water partition coefficient (Wildman–Crippen LogP) is 3.97. The Balaban J connectivity index is 1.37. The van der Waals surface area contributed by atoms with Crippen LogP contribution in [0.15, 0.2) is 88.3 Å². The Hall–Kier alpha value is -4.99. The van der Waals surface area contributed by atoms with Crippen molar-refractivity contribution in [1.29, 1.82) is 0 Å². The van der Waals surface area contributed by atoms with E-state index in [-0.39, 0.29) is 23.3 Å². The van der Waals surface area contributed by atoms with Gasteiger partial charge in [-0.25, -0.2) is 0 Å². The molecule has 0 aliphatic carbocycles. The fraction of sp³-hybridized carbons (Fsp3) is 0.0417. The highest BCUT2D eigenvalue weighted by Gasteiger charge is 2.12. The third-order valence-electron chi connectivity index (χ3n) is 4.73. The Labute approximate surface area is 191 Å². The van der Waals surface area contributed by atoms with Crippen LogP contribution in [-0.2, 0) is 4.79 Å². The maximum Gasteiger partial charge on any atom is 0.270 e. The molecule has 0 atom stereocenters. The van der Waals surface area contributed by atoms with E-state index in [9.17, 15) is 24.5 Å². The number of benzene rings is 3. The molecule has 0 saturated heterocycles. The van der Waals surface area contributed by atoms with Crippen molar-refractivity contribution in [2.75, 3.05) is 17.2 Å². The summed E-state index contributed by atoms with van der Waals surface area (Å²) in [5, 5.41) is 16.6. The standard InChI is InChI=1S/C24H17N3O7/c28-21-9-10-33-22-13-19(7-8-20(21)22)34-14-23(29)25-16-4-2-5-17(12-16)26-24(30)15-3-1-6-18(11-15)27(31)32/h1-13H,14H2,(H,25,29)(H,26,30). The SMILES string of the molecule is O=C(COc1ccc2c(=O)ccoc2c1)Nc1cccc(NC(=O)c2cccc([N+](=O)[O-])c2)c1. The zero-order chi connectivity index (χ0) is 24.1. The molecule has 34 heavy (non-hydrogen) atoms. The third kappa shape index (κ3) is 5.25. The molecule has 2 amide bonds. The number of carbonyl (C=O) groups is 2. The molecule has 0 aliphatic heterocycles. The van der Waals surface area contributed by atoms with Crippen LogP contribution in [0.5, 0.6) is 5.75 Å². The summed E-state index contributed by atoms with van der Waals surface area (Å²) >= 11 is 0. The lowest BCUT2D eigenvalue weighted by Gasteiger charge is -2.10. The molecule has 2 N–H and O–H groups in total. The summed E-state index contributed by atoms with van der Waals surface area (Å²) in [5.74, 6) is -0.620. The van der Waals surface area contributed by atoms with Gasteiger partial charge in [0.05, 0.1) is 16.6 Å². The van der Waals surface area contributed by atoms with E-state index in [1.54, 1.807) is 30.3 Å². The molecule has 1 aromatic heterocycles. The zero-order valence-electron chi connectivity index (χ0n) is 17.5. The van der Waals surface area contributed by atoms with Gasteiger partial charge in [-0.2, -0.15) is 0 Å². The number of fused-ring (bicyclic) bond motifs is 1. The number of carbonyl (C=O) groups excluding carboxylic acids is 2. The summed E-state index contributed by atoms with van der Waals surface area (Å²) < 4.78 is 10.8. The molecule has 1 heterocycles. The van der Waals surface area contributed by atoms with E-state index in [0.717, 1.165) is 0 Å². The zero-order valence-corrected chi connectivity index (χ0v) is 17.5. The van der Waals surface area contributed by atoms with Crippen LogP contribution >= 0.6 is 0 Å². The normalized spacial score (nSPS) is 10.5. The topological polar surface area (TPSA) is 141 Å². The van der Waals surface area contributed by atoms with Crippen molar-refractivity contribution in [2.24, 2.45) is 0 Å². The Bertz CT molecular complexity index is 1460. The summed E-state index contributed by atoms with van der Waals surface area (Å²) in [6.45, 7) is -0.299. The minimum atomic E-state index is -0.581. The summed E-state index contributed by atoms with van der Waals surface area (Å²) in [6.07, 6.45) is 1.28. The number of nitro groups is 1. The van der Waals surface area contributed by atoms with Gasteiger partial charge in [-0.1, -0.05) is 12.1 Å². The molecular weight excluding hydrogens is 442 g/mol. The molecule has 0 bridgehead atoms. The number of anilines is 2. The monoisotopic (exact) mass is 459 g/mol. The second-order valence-electron chi connectivity index (χ2n) is 7.12. The van der Waals surface area contributed by atoms with Crippen molar-refractivity contribution in [3.05, 3.63) is 105 Å². The Morgan fingerprint density at radius 2 is 1.71 bits per heavy atom. The number of rotatable bonds is 7. The Kier molecular flexibility index (Phi) is 6.31. The number of ether oxygens (including phenoxy) is 1. The van der Waals surface area contributed by atoms with E-state index in [0.29, 0.717) is 28.1 Å². The molecule has 4 rings (SSSR count). The minimum Gasteiger partial charge on any atom is -0.484 e. The molecule has 3 aromatic carbocycles. The van der Waals surface area contributed by atoms with Crippen LogP contribution < -0.4 is 20.8 Å². The van der Waals surface area contributed by atoms with Crippen LogP contribution in [0.4, 0.5) is 17.1 Å². The number of hydrogen-bond donors (Lipinski definition) is 2. The lowest BCUT2D eigenvalue weighted by atomic mass is 10.2. The molecule has 10 heteroatoms.